The highest BCUT2D eigenvalue weighted by molar-refractivity contribution is 6.05. The van der Waals surface area contributed by atoms with Gasteiger partial charge in [-0.25, -0.2) is 0 Å². The number of anilines is 1. The molecule has 2 N–H and O–H groups in total. The van der Waals surface area contributed by atoms with E-state index < -0.39 is 22.3 Å². The molecule has 0 spiro atoms. The molecule has 0 aromatic heterocycles. The smallest absolute Gasteiger partial charge is 0.310 e. The Morgan fingerprint density at radius 1 is 1.00 bits per heavy atom. The maximum absolute atomic E-state index is 12.4. The maximum atomic E-state index is 12.4. The van der Waals surface area contributed by atoms with Crippen LogP contribution in [0.5, 0.6) is 17.2 Å². The molecule has 1 amide bonds. The van der Waals surface area contributed by atoms with Gasteiger partial charge in [0.1, 0.15) is 5.75 Å². The first kappa shape index (κ1) is 17.0. The summed E-state index contributed by atoms with van der Waals surface area (Å²) in [6, 6.07) is 19.4. The van der Waals surface area contributed by atoms with Crippen molar-refractivity contribution in [2.75, 3.05) is 5.32 Å². The van der Waals surface area contributed by atoms with Gasteiger partial charge in [0.25, 0.3) is 5.91 Å². The van der Waals surface area contributed by atoms with E-state index in [0.717, 1.165) is 12.1 Å². The van der Waals surface area contributed by atoms with Crippen molar-refractivity contribution < 1.29 is 19.6 Å². The van der Waals surface area contributed by atoms with Crippen molar-refractivity contribution in [3.05, 3.63) is 88.5 Å². The number of para-hydroxylation sites is 3. The molecule has 3 aromatic carbocycles. The molecule has 3 rings (SSSR count). The van der Waals surface area contributed by atoms with Gasteiger partial charge in [-0.05, 0) is 36.4 Å². The number of hydrogen-bond donors (Lipinski definition) is 2. The summed E-state index contributed by atoms with van der Waals surface area (Å²) in [7, 11) is 0. The van der Waals surface area contributed by atoms with Crippen molar-refractivity contribution in [1.29, 1.82) is 0 Å². The van der Waals surface area contributed by atoms with E-state index in [0.29, 0.717) is 17.2 Å². The van der Waals surface area contributed by atoms with Crippen molar-refractivity contribution in [2.24, 2.45) is 0 Å². The lowest BCUT2D eigenvalue weighted by Gasteiger charge is -2.12. The quantitative estimate of drug-likeness (QED) is 0.526. The second-order valence-electron chi connectivity index (χ2n) is 5.33. The molecule has 0 heterocycles. The largest absolute Gasteiger partial charge is 0.502 e. The third-order valence-electron chi connectivity index (χ3n) is 3.54. The summed E-state index contributed by atoms with van der Waals surface area (Å²) in [6.07, 6.45) is 0. The SMILES string of the molecule is O=C(Nc1ccccc1Oc1ccccc1)c1ccc([N+](=O)[O-])c(O)c1. The number of nitro groups is 1. The summed E-state index contributed by atoms with van der Waals surface area (Å²) in [5.41, 5.74) is 0.0520. The number of nitro benzene ring substituents is 1. The molecule has 0 unspecified atom stereocenters. The molecular formula is C19H14N2O5. The van der Waals surface area contributed by atoms with Crippen molar-refractivity contribution >= 4 is 17.3 Å². The van der Waals surface area contributed by atoms with E-state index in [4.69, 9.17) is 4.74 Å². The van der Waals surface area contributed by atoms with E-state index in [9.17, 15) is 20.0 Å². The van der Waals surface area contributed by atoms with Gasteiger partial charge in [0.05, 0.1) is 10.6 Å². The van der Waals surface area contributed by atoms with Crippen LogP contribution in [0.15, 0.2) is 72.8 Å². The minimum atomic E-state index is -0.722. The zero-order chi connectivity index (χ0) is 18.5. The summed E-state index contributed by atoms with van der Waals surface area (Å²) in [4.78, 5) is 22.4. The van der Waals surface area contributed by atoms with Crippen molar-refractivity contribution in [3.8, 4) is 17.2 Å². The molecule has 7 nitrogen and oxygen atoms in total. The fraction of sp³-hybridized carbons (Fsp3) is 0. The molecule has 26 heavy (non-hydrogen) atoms. The van der Waals surface area contributed by atoms with Crippen LogP contribution in [0, 0.1) is 10.1 Å². The predicted octanol–water partition coefficient (Wildman–Crippen LogP) is 4.35. The van der Waals surface area contributed by atoms with Gasteiger partial charge >= 0.3 is 5.69 Å². The number of carbonyl (C=O) groups is 1. The first-order valence-corrected chi connectivity index (χ1v) is 7.65. The van der Waals surface area contributed by atoms with Crippen LogP contribution in [0.2, 0.25) is 0 Å². The van der Waals surface area contributed by atoms with Crippen LogP contribution in [-0.4, -0.2) is 15.9 Å². The number of phenols is 1. The average Bonchev–Trinajstić information content (AvgIpc) is 2.63. The van der Waals surface area contributed by atoms with Crippen LogP contribution in [0.1, 0.15) is 10.4 Å². The standard InChI is InChI=1S/C19H14N2O5/c22-17-12-13(10-11-16(17)21(24)25)19(23)20-15-8-4-5-9-18(15)26-14-6-2-1-3-7-14/h1-12,22H,(H,20,23). The molecule has 0 atom stereocenters. The highest BCUT2D eigenvalue weighted by atomic mass is 16.6. The number of amides is 1. The van der Waals surface area contributed by atoms with Gasteiger partial charge in [-0.3, -0.25) is 14.9 Å². The van der Waals surface area contributed by atoms with Crippen LogP contribution in [-0.2, 0) is 0 Å². The van der Waals surface area contributed by atoms with E-state index in [1.54, 1.807) is 36.4 Å². The monoisotopic (exact) mass is 350 g/mol. The maximum Gasteiger partial charge on any atom is 0.310 e. The third kappa shape index (κ3) is 3.78. The van der Waals surface area contributed by atoms with E-state index in [1.807, 2.05) is 18.2 Å². The summed E-state index contributed by atoms with van der Waals surface area (Å²) in [5.74, 6) is -0.0452. The predicted molar refractivity (Wildman–Crippen MR) is 95.7 cm³/mol. The van der Waals surface area contributed by atoms with Crippen LogP contribution in [0.25, 0.3) is 0 Å². The minimum Gasteiger partial charge on any atom is -0.502 e. The number of nitrogens with zero attached hydrogens (tertiary/aromatic N) is 1. The molecule has 0 aliphatic heterocycles. The third-order valence-corrected chi connectivity index (χ3v) is 3.54. The number of ether oxygens (including phenoxy) is 1. The molecule has 130 valence electrons. The highest BCUT2D eigenvalue weighted by Crippen LogP contribution is 2.30. The van der Waals surface area contributed by atoms with E-state index >= 15 is 0 Å². The summed E-state index contributed by atoms with van der Waals surface area (Å²) in [6.45, 7) is 0. The van der Waals surface area contributed by atoms with Gasteiger partial charge in [-0.2, -0.15) is 0 Å². The van der Waals surface area contributed by atoms with Gasteiger partial charge in [0.15, 0.2) is 11.5 Å². The van der Waals surface area contributed by atoms with Crippen LogP contribution < -0.4 is 10.1 Å². The number of phenolic OH excluding ortho intramolecular Hbond substituents is 1. The molecule has 3 aromatic rings. The minimum absolute atomic E-state index is 0.0858. The molecule has 0 bridgehead atoms. The molecule has 0 aliphatic rings. The fourth-order valence-corrected chi connectivity index (χ4v) is 2.29. The number of carbonyl (C=O) groups excluding carboxylic acids is 1. The molecule has 0 saturated carbocycles. The molecule has 0 fully saturated rings. The Morgan fingerprint density at radius 2 is 1.69 bits per heavy atom. The van der Waals surface area contributed by atoms with E-state index in [1.165, 1.54) is 6.07 Å². The normalized spacial score (nSPS) is 10.2. The number of rotatable bonds is 5. The topological polar surface area (TPSA) is 102 Å². The Kier molecular flexibility index (Phi) is 4.80. The van der Waals surface area contributed by atoms with Crippen molar-refractivity contribution in [1.82, 2.24) is 0 Å². The van der Waals surface area contributed by atoms with Crippen LogP contribution in [0.4, 0.5) is 11.4 Å². The second kappa shape index (κ2) is 7.35. The summed E-state index contributed by atoms with van der Waals surface area (Å²) < 4.78 is 5.77. The summed E-state index contributed by atoms with van der Waals surface area (Å²) >= 11 is 0. The van der Waals surface area contributed by atoms with Gasteiger partial charge in [-0.1, -0.05) is 30.3 Å². The Bertz CT molecular complexity index is 957. The summed E-state index contributed by atoms with van der Waals surface area (Å²) in [5, 5.41) is 23.1. The van der Waals surface area contributed by atoms with Gasteiger partial charge in [0.2, 0.25) is 0 Å². The van der Waals surface area contributed by atoms with Crippen LogP contribution >= 0.6 is 0 Å². The molecule has 0 saturated heterocycles. The van der Waals surface area contributed by atoms with Crippen LogP contribution in [0.3, 0.4) is 0 Å². The lowest BCUT2D eigenvalue weighted by Crippen LogP contribution is -2.12. The highest BCUT2D eigenvalue weighted by Gasteiger charge is 2.17. The first-order chi connectivity index (χ1) is 12.5. The molecule has 0 radical (unpaired) electrons. The number of hydrogen-bond acceptors (Lipinski definition) is 5. The van der Waals surface area contributed by atoms with Crippen molar-refractivity contribution in [2.45, 2.75) is 0 Å². The Balaban J connectivity index is 1.82. The second-order valence-corrected chi connectivity index (χ2v) is 5.33. The Labute approximate surface area is 148 Å². The Morgan fingerprint density at radius 3 is 2.38 bits per heavy atom. The number of nitrogens with one attached hydrogen (secondary N) is 1. The van der Waals surface area contributed by atoms with Gasteiger partial charge < -0.3 is 15.2 Å². The molecule has 0 aliphatic carbocycles. The van der Waals surface area contributed by atoms with Gasteiger partial charge in [-0.15, -0.1) is 0 Å². The Hall–Kier alpha value is -3.87. The first-order valence-electron chi connectivity index (χ1n) is 7.65. The lowest BCUT2D eigenvalue weighted by atomic mass is 10.1. The van der Waals surface area contributed by atoms with Crippen molar-refractivity contribution in [3.63, 3.8) is 0 Å². The molecule has 7 heteroatoms. The number of aromatic hydroxyl groups is 1. The number of benzene rings is 3. The van der Waals surface area contributed by atoms with E-state index in [-0.39, 0.29) is 5.56 Å². The zero-order valence-corrected chi connectivity index (χ0v) is 13.5. The fourth-order valence-electron chi connectivity index (χ4n) is 2.29. The molecular weight excluding hydrogens is 336 g/mol. The lowest BCUT2D eigenvalue weighted by molar-refractivity contribution is -0.385. The average molecular weight is 350 g/mol. The zero-order valence-electron chi connectivity index (χ0n) is 13.5. The van der Waals surface area contributed by atoms with Gasteiger partial charge in [0, 0.05) is 11.6 Å². The van der Waals surface area contributed by atoms with E-state index in [2.05, 4.69) is 5.32 Å².